The van der Waals surface area contributed by atoms with Crippen LogP contribution in [0.1, 0.15) is 21.5 Å². The van der Waals surface area contributed by atoms with Crippen molar-refractivity contribution in [2.75, 3.05) is 47.6 Å². The summed E-state index contributed by atoms with van der Waals surface area (Å²) in [6.45, 7) is 3.42. The molecule has 0 aromatic heterocycles. The molecule has 4 rings (SSSR count). The van der Waals surface area contributed by atoms with Crippen LogP contribution in [0.15, 0.2) is 30.0 Å². The fourth-order valence-corrected chi connectivity index (χ4v) is 3.85. The lowest BCUT2D eigenvalue weighted by Gasteiger charge is -2.26. The van der Waals surface area contributed by atoms with Gasteiger partial charge in [0.1, 0.15) is 31.1 Å². The smallest absolute Gasteiger partial charge is 0.231 e. The van der Waals surface area contributed by atoms with E-state index in [1.54, 1.807) is 18.2 Å². The number of carbonyl (C=O) groups excluding carboxylic acids is 1. The summed E-state index contributed by atoms with van der Waals surface area (Å²) < 4.78 is 27.4. The Labute approximate surface area is 180 Å². The molecular formula is C23H25NO7. The van der Waals surface area contributed by atoms with Gasteiger partial charge in [-0.2, -0.15) is 0 Å². The molecule has 2 aromatic carbocycles. The average Bonchev–Trinajstić information content (AvgIpc) is 3.11. The molecule has 0 unspecified atom stereocenters. The van der Waals surface area contributed by atoms with E-state index in [0.717, 1.165) is 13.1 Å². The van der Waals surface area contributed by atoms with Crippen LogP contribution < -0.4 is 29.0 Å². The van der Waals surface area contributed by atoms with E-state index < -0.39 is 0 Å². The number of ether oxygens (including phenoxy) is 5. The summed E-state index contributed by atoms with van der Waals surface area (Å²) in [5.74, 6) is 1.58. The Hall–Kier alpha value is -3.23. The van der Waals surface area contributed by atoms with Crippen LogP contribution in [0.3, 0.4) is 0 Å². The second kappa shape index (κ2) is 8.87. The zero-order chi connectivity index (χ0) is 22.0. The molecule has 1 N–H and O–H groups in total. The van der Waals surface area contributed by atoms with Crippen molar-refractivity contribution >= 4 is 11.9 Å². The molecule has 0 radical (unpaired) electrons. The van der Waals surface area contributed by atoms with Crippen molar-refractivity contribution in [3.8, 4) is 28.7 Å². The number of carbonyl (C=O) groups is 1. The van der Waals surface area contributed by atoms with Gasteiger partial charge in [-0.05, 0) is 18.2 Å². The largest absolute Gasteiger partial charge is 0.872 e. The Morgan fingerprint density at radius 1 is 1.03 bits per heavy atom. The van der Waals surface area contributed by atoms with Crippen molar-refractivity contribution in [1.82, 2.24) is 0 Å². The maximum Gasteiger partial charge on any atom is 0.231 e. The molecule has 8 nitrogen and oxygen atoms in total. The molecule has 8 heteroatoms. The van der Waals surface area contributed by atoms with Gasteiger partial charge >= 0.3 is 0 Å². The van der Waals surface area contributed by atoms with Crippen molar-refractivity contribution < 1.29 is 38.5 Å². The van der Waals surface area contributed by atoms with Gasteiger partial charge < -0.3 is 33.7 Å². The average molecular weight is 427 g/mol. The number of Topliss-reactive ketones (excluding diaryl/α,β-unsaturated/α-hetero) is 1. The molecule has 0 saturated carbocycles. The maximum absolute atomic E-state index is 13.0. The van der Waals surface area contributed by atoms with E-state index in [2.05, 4.69) is 0 Å². The number of nitrogens with one attached hydrogen (secondary N) is 1. The van der Waals surface area contributed by atoms with E-state index in [1.807, 2.05) is 0 Å². The minimum atomic E-state index is -0.273. The first-order chi connectivity index (χ1) is 15.0. The predicted molar refractivity (Wildman–Crippen MR) is 110 cm³/mol. The van der Waals surface area contributed by atoms with Crippen molar-refractivity contribution in [2.24, 2.45) is 0 Å². The van der Waals surface area contributed by atoms with E-state index in [0.29, 0.717) is 59.4 Å². The van der Waals surface area contributed by atoms with Gasteiger partial charge in [0.15, 0.2) is 17.3 Å². The fraction of sp³-hybridized carbons (Fsp3) is 0.348. The van der Waals surface area contributed by atoms with E-state index in [-0.39, 0.29) is 17.3 Å². The Morgan fingerprint density at radius 2 is 1.71 bits per heavy atom. The molecule has 1 fully saturated rings. The summed E-state index contributed by atoms with van der Waals surface area (Å²) in [7, 11) is 4.60. The van der Waals surface area contributed by atoms with E-state index in [9.17, 15) is 9.90 Å². The van der Waals surface area contributed by atoms with Gasteiger partial charge in [0.05, 0.1) is 40.1 Å². The van der Waals surface area contributed by atoms with Gasteiger partial charge in [-0.25, -0.2) is 0 Å². The fourth-order valence-electron chi connectivity index (χ4n) is 3.85. The van der Waals surface area contributed by atoms with Crippen LogP contribution in [-0.4, -0.2) is 53.4 Å². The summed E-state index contributed by atoms with van der Waals surface area (Å²) in [6.07, 6.45) is 1.60. The number of allylic oxidation sites excluding steroid dienone is 1. The highest BCUT2D eigenvalue weighted by Gasteiger charge is 2.31. The number of benzene rings is 2. The molecule has 164 valence electrons. The molecule has 0 bridgehead atoms. The Bertz CT molecular complexity index is 1030. The lowest BCUT2D eigenvalue weighted by Crippen LogP contribution is -3.12. The summed E-state index contributed by atoms with van der Waals surface area (Å²) in [5.41, 5.74) is 1.51. The number of hydrogen-bond acceptors (Lipinski definition) is 7. The number of hydrogen-bond donors (Lipinski definition) is 1. The second-order valence-corrected chi connectivity index (χ2v) is 7.35. The van der Waals surface area contributed by atoms with Gasteiger partial charge in [-0.15, -0.1) is 0 Å². The van der Waals surface area contributed by atoms with Crippen LogP contribution in [-0.2, 0) is 11.3 Å². The number of quaternary nitrogens is 1. The zero-order valence-corrected chi connectivity index (χ0v) is 17.8. The minimum Gasteiger partial charge on any atom is -0.872 e. The third-order valence-corrected chi connectivity index (χ3v) is 5.55. The molecule has 2 heterocycles. The van der Waals surface area contributed by atoms with Crippen LogP contribution in [0, 0.1) is 0 Å². The zero-order valence-electron chi connectivity index (χ0n) is 17.8. The van der Waals surface area contributed by atoms with Gasteiger partial charge in [0, 0.05) is 17.2 Å². The second-order valence-electron chi connectivity index (χ2n) is 7.35. The highest BCUT2D eigenvalue weighted by molar-refractivity contribution is 6.15. The molecule has 2 aliphatic rings. The first kappa shape index (κ1) is 21.0. The molecule has 0 atom stereocenters. The highest BCUT2D eigenvalue weighted by Crippen LogP contribution is 2.40. The van der Waals surface area contributed by atoms with Crippen molar-refractivity contribution in [3.05, 3.63) is 46.7 Å². The van der Waals surface area contributed by atoms with E-state index in [4.69, 9.17) is 23.7 Å². The topological polar surface area (TPSA) is 90.7 Å². The summed E-state index contributed by atoms with van der Waals surface area (Å²) in [5, 5.41) is 12.6. The van der Waals surface area contributed by atoms with Crippen molar-refractivity contribution in [1.29, 1.82) is 0 Å². The predicted octanol–water partition coefficient (Wildman–Crippen LogP) is 0.817. The van der Waals surface area contributed by atoms with Crippen LogP contribution in [0.4, 0.5) is 0 Å². The van der Waals surface area contributed by atoms with Gasteiger partial charge in [-0.1, -0.05) is 11.8 Å². The molecule has 1 saturated heterocycles. The van der Waals surface area contributed by atoms with Crippen LogP contribution in [0.5, 0.6) is 28.7 Å². The first-order valence-electron chi connectivity index (χ1n) is 10.0. The SMILES string of the molecule is COc1cc(OC)c(OC)cc1/C=C1\Oc2c(ccc([O-])c2C[NH+]2CCOCC2)C1=O. The van der Waals surface area contributed by atoms with Crippen molar-refractivity contribution in [3.63, 3.8) is 0 Å². The first-order valence-corrected chi connectivity index (χ1v) is 10.0. The lowest BCUT2D eigenvalue weighted by molar-refractivity contribution is -0.921. The monoisotopic (exact) mass is 427 g/mol. The quantitative estimate of drug-likeness (QED) is 0.683. The summed E-state index contributed by atoms with van der Waals surface area (Å²) >= 11 is 0. The standard InChI is InChI=1S/C23H25NO7/c1-27-18-12-20(29-3)19(28-2)10-14(18)11-21-22(26)15-4-5-17(25)16(23(15)31-21)13-24-6-8-30-9-7-24/h4-5,10-12,25H,6-9,13H2,1-3H3/b21-11-. The number of ketones is 1. The van der Waals surface area contributed by atoms with Crippen LogP contribution in [0.25, 0.3) is 6.08 Å². The molecule has 2 aromatic rings. The minimum absolute atomic E-state index is 0.129. The van der Waals surface area contributed by atoms with Gasteiger partial charge in [-0.3, -0.25) is 4.79 Å². The molecule has 31 heavy (non-hydrogen) atoms. The number of rotatable bonds is 6. The lowest BCUT2D eigenvalue weighted by atomic mass is 10.0. The van der Waals surface area contributed by atoms with E-state index >= 15 is 0 Å². The number of morpholine rings is 1. The van der Waals surface area contributed by atoms with E-state index in [1.165, 1.54) is 38.4 Å². The third-order valence-electron chi connectivity index (χ3n) is 5.55. The number of methoxy groups -OCH3 is 3. The van der Waals surface area contributed by atoms with Gasteiger partial charge in [0.25, 0.3) is 0 Å². The molecule has 0 aliphatic carbocycles. The molecule has 2 aliphatic heterocycles. The maximum atomic E-state index is 13.0. The molecule has 0 amide bonds. The molecular weight excluding hydrogens is 402 g/mol. The number of fused-ring (bicyclic) bond motifs is 1. The normalized spacial score (nSPS) is 17.4. The third kappa shape index (κ3) is 4.04. The van der Waals surface area contributed by atoms with Gasteiger partial charge in [0.2, 0.25) is 5.78 Å². The van der Waals surface area contributed by atoms with Crippen LogP contribution in [0.2, 0.25) is 0 Å². The summed E-state index contributed by atoms with van der Waals surface area (Å²) in [4.78, 5) is 14.2. The van der Waals surface area contributed by atoms with Crippen molar-refractivity contribution in [2.45, 2.75) is 6.54 Å². The Kier molecular flexibility index (Phi) is 6.01. The highest BCUT2D eigenvalue weighted by atomic mass is 16.5. The summed E-state index contributed by atoms with van der Waals surface area (Å²) in [6, 6.07) is 6.36. The Morgan fingerprint density at radius 3 is 2.39 bits per heavy atom. The Balaban J connectivity index is 1.69. The van der Waals surface area contributed by atoms with Crippen LogP contribution >= 0.6 is 0 Å². The molecule has 0 spiro atoms.